The number of anilines is 1. The molecule has 12 nitrogen and oxygen atoms in total. The van der Waals surface area contributed by atoms with Crippen molar-refractivity contribution in [3.8, 4) is 5.88 Å². The molecule has 2 aliphatic rings. The van der Waals surface area contributed by atoms with Gasteiger partial charge in [0, 0.05) is 25.7 Å². The van der Waals surface area contributed by atoms with Crippen LogP contribution < -0.4 is 14.8 Å². The molecular formula is C32H43N5O7S2. The first kappa shape index (κ1) is 34.0. The van der Waals surface area contributed by atoms with E-state index < -0.39 is 27.7 Å². The minimum Gasteiger partial charge on any atom is -0.481 e. The van der Waals surface area contributed by atoms with Crippen molar-refractivity contribution in [3.63, 3.8) is 0 Å². The van der Waals surface area contributed by atoms with E-state index in [-0.39, 0.29) is 23.3 Å². The monoisotopic (exact) mass is 673 g/mol. The maximum Gasteiger partial charge on any atom is 0.528 e. The van der Waals surface area contributed by atoms with Gasteiger partial charge in [-0.3, -0.25) is 4.79 Å². The summed E-state index contributed by atoms with van der Waals surface area (Å²) in [5.74, 6) is 0.230. The molecule has 1 amide bonds. The van der Waals surface area contributed by atoms with Gasteiger partial charge in [0.2, 0.25) is 21.8 Å². The van der Waals surface area contributed by atoms with Crippen molar-refractivity contribution in [3.05, 3.63) is 42.0 Å². The van der Waals surface area contributed by atoms with Crippen molar-refractivity contribution in [1.82, 2.24) is 19.8 Å². The molecule has 0 spiro atoms. The van der Waals surface area contributed by atoms with Gasteiger partial charge in [-0.15, -0.1) is 5.06 Å². The molecule has 46 heavy (non-hydrogen) atoms. The van der Waals surface area contributed by atoms with Gasteiger partial charge in [-0.1, -0.05) is 49.2 Å². The molecular weight excluding hydrogens is 631 g/mol. The average molecular weight is 674 g/mol. The fourth-order valence-electron chi connectivity index (χ4n) is 5.97. The molecule has 250 valence electrons. The Balaban J connectivity index is 1.22. The van der Waals surface area contributed by atoms with Gasteiger partial charge in [-0.25, -0.2) is 27.9 Å². The number of hydrogen-bond donors (Lipinski definition) is 2. The molecule has 1 saturated carbocycles. The Morgan fingerprint density at radius 2 is 1.74 bits per heavy atom. The number of aromatic nitrogens is 2. The largest absolute Gasteiger partial charge is 0.528 e. The Morgan fingerprint density at radius 1 is 1.02 bits per heavy atom. The Kier molecular flexibility index (Phi) is 10.8. The molecule has 2 N–H and O–H groups in total. The van der Waals surface area contributed by atoms with E-state index in [0.717, 1.165) is 44.1 Å². The zero-order valence-corrected chi connectivity index (χ0v) is 28.4. The third-order valence-electron chi connectivity index (χ3n) is 8.26. The molecule has 2 aromatic heterocycles. The van der Waals surface area contributed by atoms with Crippen LogP contribution in [0.1, 0.15) is 77.2 Å². The zero-order valence-electron chi connectivity index (χ0n) is 26.8. The topological polar surface area (TPSA) is 149 Å². The number of rotatable bonds is 11. The number of piperidine rings is 1. The van der Waals surface area contributed by atoms with Crippen LogP contribution in [0.2, 0.25) is 0 Å². The molecule has 1 aliphatic carbocycles. The second-order valence-electron chi connectivity index (χ2n) is 13.0. The molecule has 2 unspecified atom stereocenters. The minimum atomic E-state index is -3.81. The minimum absolute atomic E-state index is 0.0384. The lowest BCUT2D eigenvalue weighted by Crippen LogP contribution is -2.42. The number of benzene rings is 1. The number of ether oxygens (including phenoxy) is 2. The fourth-order valence-corrected chi connectivity index (χ4v) is 7.92. The highest BCUT2D eigenvalue weighted by atomic mass is 32.2. The second kappa shape index (κ2) is 14.6. The second-order valence-corrected chi connectivity index (χ2v) is 15.7. The number of hydrogen-bond acceptors (Lipinski definition) is 11. The van der Waals surface area contributed by atoms with E-state index in [1.807, 2.05) is 0 Å². The van der Waals surface area contributed by atoms with Crippen LogP contribution in [0.15, 0.2) is 41.3 Å². The van der Waals surface area contributed by atoms with Crippen LogP contribution in [0.5, 0.6) is 5.88 Å². The molecule has 3 heterocycles. The van der Waals surface area contributed by atoms with Gasteiger partial charge in [0.15, 0.2) is 5.13 Å². The lowest BCUT2D eigenvalue weighted by atomic mass is 9.87. The third kappa shape index (κ3) is 9.14. The first-order chi connectivity index (χ1) is 21.9. The number of fused-ring (bicyclic) bond motifs is 1. The number of hydroxylamine groups is 2. The number of nitrogens with zero attached hydrogens (tertiary/aromatic N) is 3. The van der Waals surface area contributed by atoms with E-state index in [2.05, 4.69) is 20.0 Å². The fraction of sp³-hybridized carbons (Fsp3) is 0.562. The molecule has 2 atom stereocenters. The molecule has 1 aliphatic heterocycles. The van der Waals surface area contributed by atoms with Crippen LogP contribution in [0, 0.1) is 11.8 Å². The van der Waals surface area contributed by atoms with Gasteiger partial charge in [0.05, 0.1) is 17.9 Å². The molecule has 3 aromatic rings. The van der Waals surface area contributed by atoms with Gasteiger partial charge in [-0.2, -0.15) is 0 Å². The Labute approximate surface area is 274 Å². The maximum atomic E-state index is 13.7. The summed E-state index contributed by atoms with van der Waals surface area (Å²) in [5.41, 5.74) is 0.763. The van der Waals surface area contributed by atoms with Crippen LogP contribution in [-0.2, 0) is 24.4 Å². The number of pyridine rings is 1. The maximum absolute atomic E-state index is 13.7. The SMILES string of the molecule is COc1ccc2nc(NC(=O)C(CC3CCCC3)c3ccc(S(=O)(=O)NCC4CCCN(OC(=O)OC(C)(C)C)C4)cc3)sc2n1. The Hall–Kier alpha value is -3.33. The summed E-state index contributed by atoms with van der Waals surface area (Å²) in [4.78, 5) is 40.8. The molecule has 2 fully saturated rings. The number of nitrogens with one attached hydrogen (secondary N) is 2. The first-order valence-electron chi connectivity index (χ1n) is 15.8. The number of sulfonamides is 1. The van der Waals surface area contributed by atoms with Gasteiger partial charge in [0.25, 0.3) is 0 Å². The van der Waals surface area contributed by atoms with Gasteiger partial charge in [-0.05, 0) is 75.6 Å². The zero-order chi connectivity index (χ0) is 32.9. The van der Waals surface area contributed by atoms with E-state index in [1.165, 1.54) is 16.4 Å². The lowest BCUT2D eigenvalue weighted by molar-refractivity contribution is -0.158. The first-order valence-corrected chi connectivity index (χ1v) is 18.1. The highest BCUT2D eigenvalue weighted by molar-refractivity contribution is 7.89. The summed E-state index contributed by atoms with van der Waals surface area (Å²) in [5, 5.41) is 4.97. The number of amides is 1. The summed E-state index contributed by atoms with van der Waals surface area (Å²) < 4.78 is 39.6. The van der Waals surface area contributed by atoms with Crippen LogP contribution in [0.25, 0.3) is 10.3 Å². The molecule has 5 rings (SSSR count). The number of carbonyl (C=O) groups excluding carboxylic acids is 2. The van der Waals surface area contributed by atoms with Gasteiger partial charge in [0.1, 0.15) is 15.9 Å². The van der Waals surface area contributed by atoms with Crippen LogP contribution in [0.3, 0.4) is 0 Å². The molecule has 14 heteroatoms. The highest BCUT2D eigenvalue weighted by Crippen LogP contribution is 2.36. The van der Waals surface area contributed by atoms with Crippen molar-refractivity contribution in [1.29, 1.82) is 0 Å². The smallest absolute Gasteiger partial charge is 0.481 e. The molecule has 1 aromatic carbocycles. The molecule has 0 bridgehead atoms. The van der Waals surface area contributed by atoms with Gasteiger partial charge < -0.3 is 19.6 Å². The predicted octanol–water partition coefficient (Wildman–Crippen LogP) is 5.86. The normalized spacial score (nSPS) is 18.7. The summed E-state index contributed by atoms with van der Waals surface area (Å²) in [6.45, 7) is 6.45. The summed E-state index contributed by atoms with van der Waals surface area (Å²) >= 11 is 1.28. The summed E-state index contributed by atoms with van der Waals surface area (Å²) in [7, 11) is -2.26. The van der Waals surface area contributed by atoms with Crippen LogP contribution in [-0.4, -0.2) is 67.9 Å². The van der Waals surface area contributed by atoms with E-state index in [0.29, 0.717) is 46.8 Å². The molecule has 1 saturated heterocycles. The average Bonchev–Trinajstić information content (AvgIpc) is 3.67. The Morgan fingerprint density at radius 3 is 2.43 bits per heavy atom. The molecule has 0 radical (unpaired) electrons. The standard InChI is InChI=1S/C32H43N5O7S2/c1-32(2,3)43-31(39)44-37-17-7-10-22(20-37)19-33-46(40,41)24-13-11-23(12-14-24)25(18-21-8-5-6-9-21)28(38)36-30-34-26-15-16-27(42-4)35-29(26)45-30/h11-16,21-22,25,33H,5-10,17-20H2,1-4H3,(H,34,36,38). The summed E-state index contributed by atoms with van der Waals surface area (Å²) in [6, 6.07) is 10.1. The lowest BCUT2D eigenvalue weighted by Gasteiger charge is -2.31. The van der Waals surface area contributed by atoms with Crippen molar-refractivity contribution < 1.29 is 32.3 Å². The Bertz CT molecular complexity index is 1620. The summed E-state index contributed by atoms with van der Waals surface area (Å²) in [6.07, 6.45) is 5.92. The van der Waals surface area contributed by atoms with Gasteiger partial charge >= 0.3 is 6.16 Å². The predicted molar refractivity (Wildman–Crippen MR) is 175 cm³/mol. The number of carbonyl (C=O) groups is 2. The van der Waals surface area contributed by atoms with Crippen molar-refractivity contribution in [2.45, 2.75) is 82.1 Å². The van der Waals surface area contributed by atoms with E-state index >= 15 is 0 Å². The van der Waals surface area contributed by atoms with E-state index in [4.69, 9.17) is 14.3 Å². The highest BCUT2D eigenvalue weighted by Gasteiger charge is 2.29. The van der Waals surface area contributed by atoms with Crippen molar-refractivity contribution >= 4 is 48.9 Å². The van der Waals surface area contributed by atoms with Crippen LogP contribution >= 0.6 is 11.3 Å². The van der Waals surface area contributed by atoms with Crippen LogP contribution in [0.4, 0.5) is 9.93 Å². The third-order valence-corrected chi connectivity index (χ3v) is 10.6. The van der Waals surface area contributed by atoms with Crippen molar-refractivity contribution in [2.75, 3.05) is 32.1 Å². The quantitative estimate of drug-likeness (QED) is 0.237. The number of methoxy groups -OCH3 is 1. The van der Waals surface area contributed by atoms with E-state index in [1.54, 1.807) is 64.3 Å². The van der Waals surface area contributed by atoms with E-state index in [9.17, 15) is 18.0 Å². The number of thiazole rings is 1. The van der Waals surface area contributed by atoms with Crippen molar-refractivity contribution in [2.24, 2.45) is 11.8 Å².